The van der Waals surface area contributed by atoms with Gasteiger partial charge in [-0.15, -0.1) is 0 Å². The largest absolute Gasteiger partial charge is 0.339 e. The number of carbonyl (C=O) groups excluding carboxylic acids is 2. The second kappa shape index (κ2) is 3.18. The minimum absolute atomic E-state index is 0.0860. The highest BCUT2D eigenvalue weighted by Gasteiger charge is 1.96. The third kappa shape index (κ3) is 2.34. The lowest BCUT2D eigenvalue weighted by Gasteiger charge is -2.08. The van der Waals surface area contributed by atoms with Crippen LogP contribution in [0.3, 0.4) is 0 Å². The van der Waals surface area contributed by atoms with Gasteiger partial charge >= 0.3 is 0 Å². The monoisotopic (exact) mass is 115 g/mol. The molecule has 0 aliphatic rings. The van der Waals surface area contributed by atoms with Crippen molar-refractivity contribution in [1.29, 1.82) is 0 Å². The summed E-state index contributed by atoms with van der Waals surface area (Å²) in [6.45, 7) is 1.61. The molecule has 0 bridgehead atoms. The molecule has 0 radical (unpaired) electrons. The lowest BCUT2D eigenvalue weighted by Crippen LogP contribution is -2.25. The van der Waals surface area contributed by atoms with E-state index in [0.29, 0.717) is 6.29 Å². The van der Waals surface area contributed by atoms with E-state index >= 15 is 0 Å². The van der Waals surface area contributed by atoms with E-state index in [2.05, 4.69) is 0 Å². The standard InChI is InChI=1S/C5H9NO2/c1-5(8)6(2)3-4-7/h4H,3H2,1-2H3. The van der Waals surface area contributed by atoms with E-state index in [0.717, 1.165) is 0 Å². The van der Waals surface area contributed by atoms with Crippen molar-refractivity contribution in [2.24, 2.45) is 0 Å². The first-order valence-electron chi connectivity index (χ1n) is 2.34. The van der Waals surface area contributed by atoms with Crippen LogP contribution in [-0.2, 0) is 9.59 Å². The Balaban J connectivity index is 3.46. The topological polar surface area (TPSA) is 37.4 Å². The molecule has 0 saturated carbocycles. The molecule has 0 fully saturated rings. The fourth-order valence-corrected chi connectivity index (χ4v) is 0.240. The number of nitrogens with zero attached hydrogens (tertiary/aromatic N) is 1. The van der Waals surface area contributed by atoms with E-state index in [1.165, 1.54) is 11.8 Å². The smallest absolute Gasteiger partial charge is 0.219 e. The zero-order valence-electron chi connectivity index (χ0n) is 5.05. The number of aldehydes is 1. The van der Waals surface area contributed by atoms with Gasteiger partial charge < -0.3 is 9.69 Å². The molecule has 0 rings (SSSR count). The van der Waals surface area contributed by atoms with Crippen LogP contribution in [0.15, 0.2) is 0 Å². The van der Waals surface area contributed by atoms with Gasteiger partial charge in [0.05, 0.1) is 6.54 Å². The highest BCUT2D eigenvalue weighted by atomic mass is 16.2. The maximum absolute atomic E-state index is 10.3. The van der Waals surface area contributed by atoms with Crippen molar-refractivity contribution < 1.29 is 9.59 Å². The van der Waals surface area contributed by atoms with Crippen LogP contribution in [0.1, 0.15) is 6.92 Å². The summed E-state index contributed by atoms with van der Waals surface area (Å²) in [7, 11) is 1.58. The Kier molecular flexibility index (Phi) is 2.84. The van der Waals surface area contributed by atoms with Gasteiger partial charge in [-0.1, -0.05) is 0 Å². The number of hydrogen-bond donors (Lipinski definition) is 0. The van der Waals surface area contributed by atoms with Gasteiger partial charge in [0.2, 0.25) is 5.91 Å². The maximum Gasteiger partial charge on any atom is 0.219 e. The summed E-state index contributed by atoms with van der Waals surface area (Å²) in [6.07, 6.45) is 0.696. The summed E-state index contributed by atoms with van der Waals surface area (Å²) in [5.41, 5.74) is 0. The third-order valence-electron chi connectivity index (χ3n) is 0.886. The van der Waals surface area contributed by atoms with Gasteiger partial charge in [0.1, 0.15) is 6.29 Å². The molecule has 0 aliphatic carbocycles. The van der Waals surface area contributed by atoms with Crippen molar-refractivity contribution in [3.8, 4) is 0 Å². The summed E-state index contributed by atoms with van der Waals surface area (Å²) < 4.78 is 0. The molecular weight excluding hydrogens is 106 g/mol. The Morgan fingerprint density at radius 2 is 2.25 bits per heavy atom. The Labute approximate surface area is 48.3 Å². The summed E-state index contributed by atoms with van der Waals surface area (Å²) >= 11 is 0. The Bertz CT molecular complexity index is 101. The SMILES string of the molecule is CC(=O)N(C)CC=O. The van der Waals surface area contributed by atoms with Crippen molar-refractivity contribution in [2.45, 2.75) is 6.92 Å². The van der Waals surface area contributed by atoms with Gasteiger partial charge in [-0.05, 0) is 0 Å². The first-order valence-corrected chi connectivity index (χ1v) is 2.34. The molecule has 0 heterocycles. The predicted molar refractivity (Wildman–Crippen MR) is 29.4 cm³/mol. The molecule has 8 heavy (non-hydrogen) atoms. The van der Waals surface area contributed by atoms with Gasteiger partial charge in [0.25, 0.3) is 0 Å². The van der Waals surface area contributed by atoms with Crippen LogP contribution >= 0.6 is 0 Å². The highest BCUT2D eigenvalue weighted by Crippen LogP contribution is 1.77. The molecule has 0 N–H and O–H groups in total. The average Bonchev–Trinajstić information content (AvgIpc) is 1.67. The van der Waals surface area contributed by atoms with Gasteiger partial charge in [-0.25, -0.2) is 0 Å². The molecule has 0 aliphatic heterocycles. The number of hydrogen-bond acceptors (Lipinski definition) is 2. The van der Waals surface area contributed by atoms with Gasteiger partial charge in [-0.3, -0.25) is 4.79 Å². The van der Waals surface area contributed by atoms with E-state index in [-0.39, 0.29) is 12.5 Å². The molecular formula is C5H9NO2. The van der Waals surface area contributed by atoms with E-state index in [9.17, 15) is 9.59 Å². The van der Waals surface area contributed by atoms with Crippen LogP contribution in [-0.4, -0.2) is 30.7 Å². The van der Waals surface area contributed by atoms with Crippen molar-refractivity contribution in [3.63, 3.8) is 0 Å². The maximum atomic E-state index is 10.3. The first kappa shape index (κ1) is 7.14. The predicted octanol–water partition coefficient (Wildman–Crippen LogP) is -0.336. The summed E-state index contributed by atoms with van der Waals surface area (Å²) in [6, 6.07) is 0. The highest BCUT2D eigenvalue weighted by molar-refractivity contribution is 5.75. The van der Waals surface area contributed by atoms with Crippen LogP contribution in [0.25, 0.3) is 0 Å². The Morgan fingerprint density at radius 3 is 2.38 bits per heavy atom. The third-order valence-corrected chi connectivity index (χ3v) is 0.886. The molecule has 0 aromatic carbocycles. The van der Waals surface area contributed by atoms with Crippen LogP contribution in [0.4, 0.5) is 0 Å². The van der Waals surface area contributed by atoms with E-state index in [1.807, 2.05) is 0 Å². The lowest BCUT2D eigenvalue weighted by atomic mass is 10.5. The number of likely N-dealkylation sites (N-methyl/N-ethyl adjacent to an activating group) is 1. The van der Waals surface area contributed by atoms with Crippen LogP contribution in [0.2, 0.25) is 0 Å². The molecule has 0 spiro atoms. The Morgan fingerprint density at radius 1 is 1.75 bits per heavy atom. The fraction of sp³-hybridized carbons (Fsp3) is 0.600. The minimum Gasteiger partial charge on any atom is -0.339 e. The quantitative estimate of drug-likeness (QED) is 0.462. The van der Waals surface area contributed by atoms with Crippen molar-refractivity contribution in [1.82, 2.24) is 4.90 Å². The van der Waals surface area contributed by atoms with Crippen LogP contribution < -0.4 is 0 Å². The van der Waals surface area contributed by atoms with E-state index < -0.39 is 0 Å². The molecule has 0 saturated heterocycles. The van der Waals surface area contributed by atoms with Gasteiger partial charge in [0.15, 0.2) is 0 Å². The van der Waals surface area contributed by atoms with Gasteiger partial charge in [-0.2, -0.15) is 0 Å². The minimum atomic E-state index is -0.0860. The van der Waals surface area contributed by atoms with Gasteiger partial charge in [0, 0.05) is 14.0 Å². The normalized spacial score (nSPS) is 8.25. The second-order valence-electron chi connectivity index (χ2n) is 1.57. The summed E-state index contributed by atoms with van der Waals surface area (Å²) in [4.78, 5) is 21.4. The molecule has 0 aromatic heterocycles. The number of carbonyl (C=O) groups is 2. The molecule has 0 atom stereocenters. The van der Waals surface area contributed by atoms with Crippen LogP contribution in [0, 0.1) is 0 Å². The fourth-order valence-electron chi connectivity index (χ4n) is 0.240. The van der Waals surface area contributed by atoms with Crippen molar-refractivity contribution in [3.05, 3.63) is 0 Å². The molecule has 3 heteroatoms. The van der Waals surface area contributed by atoms with E-state index in [4.69, 9.17) is 0 Å². The van der Waals surface area contributed by atoms with Crippen molar-refractivity contribution in [2.75, 3.05) is 13.6 Å². The zero-order valence-corrected chi connectivity index (χ0v) is 5.05. The summed E-state index contributed by atoms with van der Waals surface area (Å²) in [5, 5.41) is 0. The molecule has 46 valence electrons. The van der Waals surface area contributed by atoms with Crippen molar-refractivity contribution >= 4 is 12.2 Å². The lowest BCUT2D eigenvalue weighted by molar-refractivity contribution is -0.129. The average molecular weight is 115 g/mol. The summed E-state index contributed by atoms with van der Waals surface area (Å²) in [5.74, 6) is -0.0860. The van der Waals surface area contributed by atoms with Crippen LogP contribution in [0.5, 0.6) is 0 Å². The second-order valence-corrected chi connectivity index (χ2v) is 1.57. The zero-order chi connectivity index (χ0) is 6.57. The number of amides is 1. The first-order chi connectivity index (χ1) is 3.68. The molecule has 0 unspecified atom stereocenters. The van der Waals surface area contributed by atoms with E-state index in [1.54, 1.807) is 7.05 Å². The molecule has 1 amide bonds. The number of rotatable bonds is 2. The molecule has 0 aromatic rings. The molecule has 3 nitrogen and oxygen atoms in total. The Hall–Kier alpha value is -0.860.